The lowest BCUT2D eigenvalue weighted by molar-refractivity contribution is -0.121. The Hall–Kier alpha value is -1.85. The molecule has 0 atom stereocenters. The third-order valence-corrected chi connectivity index (χ3v) is 3.01. The van der Waals surface area contributed by atoms with Gasteiger partial charge in [0.1, 0.15) is 17.5 Å². The van der Waals surface area contributed by atoms with Crippen molar-refractivity contribution >= 4 is 17.5 Å². The summed E-state index contributed by atoms with van der Waals surface area (Å²) in [6, 6.07) is 0.168. The molecule has 0 saturated heterocycles. The summed E-state index contributed by atoms with van der Waals surface area (Å²) >= 11 is 0. The molecule has 1 aromatic heterocycles. The minimum absolute atomic E-state index is 0.0436. The molecule has 21 heavy (non-hydrogen) atoms. The molecule has 1 rings (SSSR count). The smallest absolute Gasteiger partial charge is 0.221 e. The van der Waals surface area contributed by atoms with Gasteiger partial charge in [-0.05, 0) is 20.8 Å². The predicted octanol–water partition coefficient (Wildman–Crippen LogP) is 2.28. The van der Waals surface area contributed by atoms with Crippen molar-refractivity contribution in [1.82, 2.24) is 15.3 Å². The van der Waals surface area contributed by atoms with Crippen LogP contribution in [0.2, 0.25) is 0 Å². The zero-order valence-corrected chi connectivity index (χ0v) is 13.9. The Morgan fingerprint density at radius 3 is 2.29 bits per heavy atom. The topological polar surface area (TPSA) is 78.9 Å². The second-order valence-electron chi connectivity index (χ2n) is 5.71. The minimum atomic E-state index is 0.0436. The van der Waals surface area contributed by atoms with E-state index in [1.807, 2.05) is 27.8 Å². The summed E-state index contributed by atoms with van der Waals surface area (Å²) in [5.41, 5.74) is 0.964. The van der Waals surface area contributed by atoms with E-state index >= 15 is 0 Å². The first-order valence-electron chi connectivity index (χ1n) is 7.44. The average molecular weight is 293 g/mol. The van der Waals surface area contributed by atoms with Gasteiger partial charge in [-0.3, -0.25) is 4.79 Å². The quantitative estimate of drug-likeness (QED) is 0.719. The van der Waals surface area contributed by atoms with Crippen LogP contribution in [-0.4, -0.2) is 35.5 Å². The van der Waals surface area contributed by atoms with Gasteiger partial charge in [0.15, 0.2) is 0 Å². The SMILES string of the molecule is CNc1nc(C(C)C)nc(NCCC(=O)NC(C)C)c1C. The molecule has 0 radical (unpaired) electrons. The van der Waals surface area contributed by atoms with Gasteiger partial charge in [0.05, 0.1) is 0 Å². The van der Waals surface area contributed by atoms with E-state index in [1.165, 1.54) is 0 Å². The molecular weight excluding hydrogens is 266 g/mol. The highest BCUT2D eigenvalue weighted by Gasteiger charge is 2.12. The molecule has 1 amide bonds. The van der Waals surface area contributed by atoms with Crippen molar-refractivity contribution in [3.05, 3.63) is 11.4 Å². The maximum atomic E-state index is 11.6. The maximum Gasteiger partial charge on any atom is 0.221 e. The Morgan fingerprint density at radius 1 is 1.14 bits per heavy atom. The molecule has 0 bridgehead atoms. The Bertz CT molecular complexity index is 485. The number of carbonyl (C=O) groups excluding carboxylic acids is 1. The van der Waals surface area contributed by atoms with E-state index in [9.17, 15) is 4.79 Å². The molecule has 0 saturated carbocycles. The van der Waals surface area contributed by atoms with Crippen LogP contribution in [0.5, 0.6) is 0 Å². The van der Waals surface area contributed by atoms with E-state index < -0.39 is 0 Å². The Balaban J connectivity index is 2.74. The Kier molecular flexibility index (Phi) is 6.39. The highest BCUT2D eigenvalue weighted by Crippen LogP contribution is 2.22. The number of hydrogen-bond acceptors (Lipinski definition) is 5. The third kappa shape index (κ3) is 5.21. The van der Waals surface area contributed by atoms with E-state index in [0.717, 1.165) is 23.0 Å². The molecule has 0 unspecified atom stereocenters. The average Bonchev–Trinajstić information content (AvgIpc) is 2.39. The van der Waals surface area contributed by atoms with Crippen LogP contribution in [0.1, 0.15) is 51.4 Å². The summed E-state index contributed by atoms with van der Waals surface area (Å²) in [5.74, 6) is 2.70. The molecule has 0 aromatic carbocycles. The zero-order chi connectivity index (χ0) is 16.0. The molecule has 118 valence electrons. The van der Waals surface area contributed by atoms with Crippen molar-refractivity contribution in [3.8, 4) is 0 Å². The van der Waals surface area contributed by atoms with Crippen LogP contribution in [0.3, 0.4) is 0 Å². The van der Waals surface area contributed by atoms with Crippen molar-refractivity contribution < 1.29 is 4.79 Å². The van der Waals surface area contributed by atoms with Gasteiger partial charge in [0.25, 0.3) is 0 Å². The summed E-state index contributed by atoms with van der Waals surface area (Å²) in [6.45, 7) is 10.5. The fraction of sp³-hybridized carbons (Fsp3) is 0.667. The molecule has 1 aromatic rings. The first kappa shape index (κ1) is 17.2. The third-order valence-electron chi connectivity index (χ3n) is 3.01. The van der Waals surface area contributed by atoms with Gasteiger partial charge in [0.2, 0.25) is 5.91 Å². The number of hydrogen-bond donors (Lipinski definition) is 3. The number of aromatic nitrogens is 2. The summed E-state index contributed by atoms with van der Waals surface area (Å²) in [7, 11) is 1.85. The highest BCUT2D eigenvalue weighted by atomic mass is 16.1. The molecule has 0 fully saturated rings. The van der Waals surface area contributed by atoms with E-state index in [-0.39, 0.29) is 17.9 Å². The van der Waals surface area contributed by atoms with Crippen LogP contribution >= 0.6 is 0 Å². The summed E-state index contributed by atoms with van der Waals surface area (Å²) in [5, 5.41) is 9.19. The van der Waals surface area contributed by atoms with Gasteiger partial charge in [0, 0.05) is 37.5 Å². The summed E-state index contributed by atoms with van der Waals surface area (Å²) < 4.78 is 0. The van der Waals surface area contributed by atoms with Crippen LogP contribution < -0.4 is 16.0 Å². The van der Waals surface area contributed by atoms with Crippen LogP contribution in [0.25, 0.3) is 0 Å². The van der Waals surface area contributed by atoms with Gasteiger partial charge in [-0.25, -0.2) is 9.97 Å². The molecule has 6 heteroatoms. The van der Waals surface area contributed by atoms with Crippen molar-refractivity contribution in [2.24, 2.45) is 0 Å². The van der Waals surface area contributed by atoms with Crippen molar-refractivity contribution in [3.63, 3.8) is 0 Å². The Labute approximate surface area is 127 Å². The monoisotopic (exact) mass is 293 g/mol. The number of nitrogens with one attached hydrogen (secondary N) is 3. The molecule has 6 nitrogen and oxygen atoms in total. The lowest BCUT2D eigenvalue weighted by atomic mass is 10.2. The van der Waals surface area contributed by atoms with Crippen LogP contribution in [0.4, 0.5) is 11.6 Å². The second-order valence-corrected chi connectivity index (χ2v) is 5.71. The molecule has 0 aliphatic carbocycles. The van der Waals surface area contributed by atoms with Gasteiger partial charge in [-0.2, -0.15) is 0 Å². The van der Waals surface area contributed by atoms with E-state index in [2.05, 4.69) is 39.8 Å². The number of nitrogens with zero attached hydrogens (tertiary/aromatic N) is 2. The largest absolute Gasteiger partial charge is 0.373 e. The van der Waals surface area contributed by atoms with Crippen LogP contribution in [0, 0.1) is 6.92 Å². The number of carbonyl (C=O) groups is 1. The standard InChI is InChI=1S/C15H27N5O/c1-9(2)13-19-14(16-6)11(5)15(20-13)17-8-7-12(21)18-10(3)4/h9-10H,7-8H2,1-6H3,(H,18,21)(H2,16,17,19,20). The van der Waals surface area contributed by atoms with E-state index in [1.54, 1.807) is 0 Å². The number of amides is 1. The Morgan fingerprint density at radius 2 is 1.76 bits per heavy atom. The fourth-order valence-electron chi connectivity index (χ4n) is 1.90. The van der Waals surface area contributed by atoms with Crippen LogP contribution in [-0.2, 0) is 4.79 Å². The molecule has 0 aliphatic heterocycles. The van der Waals surface area contributed by atoms with Gasteiger partial charge >= 0.3 is 0 Å². The zero-order valence-electron chi connectivity index (χ0n) is 13.9. The van der Waals surface area contributed by atoms with Gasteiger partial charge in [-0.15, -0.1) is 0 Å². The van der Waals surface area contributed by atoms with Gasteiger partial charge < -0.3 is 16.0 Å². The minimum Gasteiger partial charge on any atom is -0.373 e. The lowest BCUT2D eigenvalue weighted by Crippen LogP contribution is -2.31. The summed E-state index contributed by atoms with van der Waals surface area (Å²) in [6.07, 6.45) is 0.424. The maximum absolute atomic E-state index is 11.6. The number of rotatable bonds is 7. The van der Waals surface area contributed by atoms with Crippen molar-refractivity contribution in [2.75, 3.05) is 24.2 Å². The first-order chi connectivity index (χ1) is 9.85. The molecule has 3 N–H and O–H groups in total. The van der Waals surface area contributed by atoms with Gasteiger partial charge in [-0.1, -0.05) is 13.8 Å². The second kappa shape index (κ2) is 7.81. The summed E-state index contributed by atoms with van der Waals surface area (Å²) in [4.78, 5) is 20.7. The van der Waals surface area contributed by atoms with Crippen molar-refractivity contribution in [2.45, 2.75) is 53.0 Å². The molecular formula is C15H27N5O. The number of anilines is 2. The van der Waals surface area contributed by atoms with Crippen molar-refractivity contribution in [1.29, 1.82) is 0 Å². The molecule has 1 heterocycles. The highest BCUT2D eigenvalue weighted by molar-refractivity contribution is 5.76. The normalized spacial score (nSPS) is 10.9. The van der Waals surface area contributed by atoms with E-state index in [4.69, 9.17) is 0 Å². The fourth-order valence-corrected chi connectivity index (χ4v) is 1.90. The predicted molar refractivity (Wildman–Crippen MR) is 86.8 cm³/mol. The van der Waals surface area contributed by atoms with Crippen LogP contribution in [0.15, 0.2) is 0 Å². The van der Waals surface area contributed by atoms with E-state index in [0.29, 0.717) is 13.0 Å². The lowest BCUT2D eigenvalue weighted by Gasteiger charge is -2.15. The molecule has 0 spiro atoms. The molecule has 0 aliphatic rings. The first-order valence-corrected chi connectivity index (χ1v) is 7.44.